The first-order chi connectivity index (χ1) is 11.0. The Morgan fingerprint density at radius 2 is 2.17 bits per heavy atom. The minimum atomic E-state index is -0.240. The van der Waals surface area contributed by atoms with Gasteiger partial charge in [-0.15, -0.1) is 0 Å². The number of thioether (sulfide) groups is 1. The van der Waals surface area contributed by atoms with E-state index in [4.69, 9.17) is 4.74 Å². The molecule has 0 bridgehead atoms. The molecule has 0 aromatic heterocycles. The van der Waals surface area contributed by atoms with E-state index in [2.05, 4.69) is 5.32 Å². The molecule has 1 saturated heterocycles. The van der Waals surface area contributed by atoms with Gasteiger partial charge in [-0.2, -0.15) is 11.8 Å². The highest BCUT2D eigenvalue weighted by Crippen LogP contribution is 2.13. The first kappa shape index (κ1) is 17.7. The van der Waals surface area contributed by atoms with Gasteiger partial charge in [-0.3, -0.25) is 9.59 Å². The van der Waals surface area contributed by atoms with Gasteiger partial charge in [-0.1, -0.05) is 12.1 Å². The molecule has 1 aliphatic rings. The molecule has 7 heteroatoms. The van der Waals surface area contributed by atoms with Crippen molar-refractivity contribution in [1.82, 2.24) is 10.2 Å². The van der Waals surface area contributed by atoms with Gasteiger partial charge in [0.25, 0.3) is 0 Å². The standard InChI is InChI=1S/C16H21FN2O3S/c1-19-9-14(22-10-16(19)21)8-18-15(20)6-7-23-11-12-2-4-13(17)5-3-12/h2-5,14H,6-11H2,1H3,(H,18,20)/t14-/m0/s1. The summed E-state index contributed by atoms with van der Waals surface area (Å²) in [6.07, 6.45) is 0.279. The third-order valence-corrected chi connectivity index (χ3v) is 4.56. The topological polar surface area (TPSA) is 58.6 Å². The van der Waals surface area contributed by atoms with Crippen LogP contribution < -0.4 is 5.32 Å². The molecule has 23 heavy (non-hydrogen) atoms. The highest BCUT2D eigenvalue weighted by molar-refractivity contribution is 7.98. The Balaban J connectivity index is 1.56. The molecule has 1 atom stereocenters. The van der Waals surface area contributed by atoms with Crippen LogP contribution in [0.2, 0.25) is 0 Å². The quantitative estimate of drug-likeness (QED) is 0.763. The van der Waals surface area contributed by atoms with E-state index in [0.29, 0.717) is 25.3 Å². The number of nitrogens with zero attached hydrogens (tertiary/aromatic N) is 1. The summed E-state index contributed by atoms with van der Waals surface area (Å²) in [6.45, 7) is 0.988. The average Bonchev–Trinajstić information content (AvgIpc) is 2.54. The third kappa shape index (κ3) is 6.19. The first-order valence-corrected chi connectivity index (χ1v) is 8.64. The number of carbonyl (C=O) groups is 2. The molecule has 2 amide bonds. The molecule has 1 aromatic carbocycles. The van der Waals surface area contributed by atoms with Gasteiger partial charge in [0.2, 0.25) is 11.8 Å². The summed E-state index contributed by atoms with van der Waals surface area (Å²) in [7, 11) is 1.73. The molecule has 1 heterocycles. The first-order valence-electron chi connectivity index (χ1n) is 7.49. The SMILES string of the molecule is CN1C[C@H](CNC(=O)CCSCc2ccc(F)cc2)OCC1=O. The molecule has 1 fully saturated rings. The van der Waals surface area contributed by atoms with Gasteiger partial charge < -0.3 is 15.0 Å². The summed E-state index contributed by atoms with van der Waals surface area (Å²) < 4.78 is 18.1. The second-order valence-corrected chi connectivity index (χ2v) is 6.55. The smallest absolute Gasteiger partial charge is 0.248 e. The molecule has 1 N–H and O–H groups in total. The maximum Gasteiger partial charge on any atom is 0.248 e. The molecular weight excluding hydrogens is 319 g/mol. The van der Waals surface area contributed by atoms with Crippen molar-refractivity contribution in [3.05, 3.63) is 35.6 Å². The fourth-order valence-corrected chi connectivity index (χ4v) is 3.04. The van der Waals surface area contributed by atoms with Gasteiger partial charge in [-0.25, -0.2) is 4.39 Å². The van der Waals surface area contributed by atoms with E-state index in [-0.39, 0.29) is 30.3 Å². The lowest BCUT2D eigenvalue weighted by Gasteiger charge is -2.29. The van der Waals surface area contributed by atoms with E-state index in [1.807, 2.05) is 0 Å². The maximum atomic E-state index is 12.8. The van der Waals surface area contributed by atoms with Gasteiger partial charge >= 0.3 is 0 Å². The number of morpholine rings is 1. The van der Waals surface area contributed by atoms with Crippen LogP contribution in [0, 0.1) is 5.82 Å². The Kier molecular flexibility index (Phi) is 6.85. The van der Waals surface area contributed by atoms with E-state index in [0.717, 1.165) is 11.3 Å². The van der Waals surface area contributed by atoms with E-state index in [9.17, 15) is 14.0 Å². The van der Waals surface area contributed by atoms with Crippen LogP contribution in [-0.2, 0) is 20.1 Å². The summed E-state index contributed by atoms with van der Waals surface area (Å²) in [4.78, 5) is 24.7. The summed E-state index contributed by atoms with van der Waals surface area (Å²) in [6, 6.07) is 6.38. The number of carbonyl (C=O) groups excluding carboxylic acids is 2. The van der Waals surface area contributed by atoms with E-state index in [1.54, 1.807) is 35.8 Å². The van der Waals surface area contributed by atoms with Crippen molar-refractivity contribution in [2.45, 2.75) is 18.3 Å². The molecule has 0 spiro atoms. The van der Waals surface area contributed by atoms with Gasteiger partial charge in [0.05, 0.1) is 6.10 Å². The Labute approximate surface area is 139 Å². The van der Waals surface area contributed by atoms with Crippen molar-refractivity contribution in [3.8, 4) is 0 Å². The number of rotatable bonds is 7. The summed E-state index contributed by atoms with van der Waals surface area (Å²) in [5.41, 5.74) is 1.04. The van der Waals surface area contributed by atoms with Crippen LogP contribution in [0.1, 0.15) is 12.0 Å². The van der Waals surface area contributed by atoms with Crippen molar-refractivity contribution in [2.75, 3.05) is 32.5 Å². The van der Waals surface area contributed by atoms with E-state index < -0.39 is 0 Å². The number of hydrogen-bond donors (Lipinski definition) is 1. The largest absolute Gasteiger partial charge is 0.365 e. The van der Waals surface area contributed by atoms with Crippen LogP contribution in [0.4, 0.5) is 4.39 Å². The van der Waals surface area contributed by atoms with Crippen LogP contribution in [0.5, 0.6) is 0 Å². The fourth-order valence-electron chi connectivity index (χ4n) is 2.13. The molecule has 1 aliphatic heterocycles. The Morgan fingerprint density at radius 3 is 2.87 bits per heavy atom. The third-order valence-electron chi connectivity index (χ3n) is 3.53. The lowest BCUT2D eigenvalue weighted by molar-refractivity contribution is -0.146. The van der Waals surface area contributed by atoms with Crippen LogP contribution >= 0.6 is 11.8 Å². The minimum absolute atomic E-state index is 0.0280. The number of ether oxygens (including phenoxy) is 1. The zero-order valence-corrected chi connectivity index (χ0v) is 13.9. The van der Waals surface area contributed by atoms with Gasteiger partial charge in [0, 0.05) is 38.1 Å². The number of amides is 2. The predicted molar refractivity (Wildman–Crippen MR) is 87.6 cm³/mol. The number of halogens is 1. The molecule has 0 aliphatic carbocycles. The van der Waals surface area contributed by atoms with Gasteiger partial charge in [0.1, 0.15) is 12.4 Å². The number of likely N-dealkylation sites (N-methyl/N-ethyl adjacent to an activating group) is 1. The van der Waals surface area contributed by atoms with E-state index in [1.165, 1.54) is 12.1 Å². The molecule has 0 radical (unpaired) electrons. The van der Waals surface area contributed by atoms with Crippen LogP contribution in [-0.4, -0.2) is 55.3 Å². The molecule has 5 nitrogen and oxygen atoms in total. The molecule has 0 saturated carbocycles. The lowest BCUT2D eigenvalue weighted by atomic mass is 10.2. The number of hydrogen-bond acceptors (Lipinski definition) is 4. The lowest BCUT2D eigenvalue weighted by Crippen LogP contribution is -2.48. The average molecular weight is 340 g/mol. The Morgan fingerprint density at radius 1 is 1.43 bits per heavy atom. The molecule has 2 rings (SSSR count). The van der Waals surface area contributed by atoms with Crippen molar-refractivity contribution in [2.24, 2.45) is 0 Å². The Hall–Kier alpha value is -1.60. The Bertz CT molecular complexity index is 539. The molecule has 1 aromatic rings. The van der Waals surface area contributed by atoms with Crippen molar-refractivity contribution < 1.29 is 18.7 Å². The van der Waals surface area contributed by atoms with Crippen molar-refractivity contribution in [1.29, 1.82) is 0 Å². The fraction of sp³-hybridized carbons (Fsp3) is 0.500. The van der Waals surface area contributed by atoms with Gasteiger partial charge in [0.15, 0.2) is 0 Å². The van der Waals surface area contributed by atoms with Crippen molar-refractivity contribution >= 4 is 23.6 Å². The van der Waals surface area contributed by atoms with E-state index >= 15 is 0 Å². The normalized spacial score (nSPS) is 18.1. The summed E-state index contributed by atoms with van der Waals surface area (Å²) >= 11 is 1.64. The predicted octanol–water partition coefficient (Wildman–Crippen LogP) is 1.42. The zero-order chi connectivity index (χ0) is 16.7. The summed E-state index contributed by atoms with van der Waals surface area (Å²) in [5, 5.41) is 2.83. The monoisotopic (exact) mass is 340 g/mol. The minimum Gasteiger partial charge on any atom is -0.365 e. The zero-order valence-electron chi connectivity index (χ0n) is 13.1. The molecule has 0 unspecified atom stereocenters. The molecular formula is C16H21FN2O3S. The summed E-state index contributed by atoms with van der Waals surface area (Å²) in [5.74, 6) is 1.15. The highest BCUT2D eigenvalue weighted by Gasteiger charge is 2.23. The maximum absolute atomic E-state index is 12.8. The van der Waals surface area contributed by atoms with Crippen LogP contribution in [0.25, 0.3) is 0 Å². The van der Waals surface area contributed by atoms with Crippen LogP contribution in [0.3, 0.4) is 0 Å². The second-order valence-electron chi connectivity index (χ2n) is 5.44. The second kappa shape index (κ2) is 8.88. The van der Waals surface area contributed by atoms with Crippen molar-refractivity contribution in [3.63, 3.8) is 0 Å². The van der Waals surface area contributed by atoms with Crippen LogP contribution in [0.15, 0.2) is 24.3 Å². The molecule has 126 valence electrons. The highest BCUT2D eigenvalue weighted by atomic mass is 32.2. The number of benzene rings is 1. The van der Waals surface area contributed by atoms with Gasteiger partial charge in [-0.05, 0) is 17.7 Å². The number of nitrogens with one attached hydrogen (secondary N) is 1.